The first kappa shape index (κ1) is 31.0. The fraction of sp³-hybridized carbons (Fsp3) is 0.303. The van der Waals surface area contributed by atoms with Gasteiger partial charge in [-0.05, 0) is 62.4 Å². The summed E-state index contributed by atoms with van der Waals surface area (Å²) in [5.74, 6) is -0.898. The SMILES string of the molecule is Cc1cccc(C)c1-c1cc(OC2CC(C(=O)O)CN(Cc3ccccc3)C2(C)C)nc(NSc2cccc([N+](=O)[O-])c2)n1. The molecule has 11 heteroatoms. The molecule has 1 fully saturated rings. The number of hydrogen-bond donors (Lipinski definition) is 2. The normalized spacial score (nSPS) is 18.0. The third-order valence-electron chi connectivity index (χ3n) is 8.10. The molecule has 2 unspecified atom stereocenters. The number of carbonyl (C=O) groups is 1. The van der Waals surface area contributed by atoms with Crippen LogP contribution in [-0.2, 0) is 11.3 Å². The summed E-state index contributed by atoms with van der Waals surface area (Å²) in [5, 5.41) is 21.3. The zero-order chi connectivity index (χ0) is 31.4. The quantitative estimate of drug-likeness (QED) is 0.110. The number of nitrogens with zero attached hydrogens (tertiary/aromatic N) is 4. The average molecular weight is 614 g/mol. The van der Waals surface area contributed by atoms with Gasteiger partial charge in [0.1, 0.15) is 6.10 Å². The number of piperidine rings is 1. The molecule has 2 atom stereocenters. The number of benzene rings is 3. The number of likely N-dealkylation sites (tertiary alicyclic amines) is 1. The Labute approximate surface area is 260 Å². The molecule has 5 rings (SSSR count). The van der Waals surface area contributed by atoms with Gasteiger partial charge in [0.25, 0.3) is 5.69 Å². The number of hydrogen-bond acceptors (Lipinski definition) is 9. The van der Waals surface area contributed by atoms with E-state index < -0.39 is 28.5 Å². The predicted octanol–water partition coefficient (Wildman–Crippen LogP) is 6.92. The Bertz CT molecular complexity index is 1650. The fourth-order valence-corrected chi connectivity index (χ4v) is 6.18. The Kier molecular flexibility index (Phi) is 9.17. The summed E-state index contributed by atoms with van der Waals surface area (Å²) in [7, 11) is 0. The van der Waals surface area contributed by atoms with E-state index in [1.807, 2.05) is 62.4 Å². The van der Waals surface area contributed by atoms with E-state index in [9.17, 15) is 20.0 Å². The third kappa shape index (κ3) is 7.00. The molecule has 4 aromatic rings. The van der Waals surface area contributed by atoms with Crippen molar-refractivity contribution in [2.75, 3.05) is 11.3 Å². The lowest BCUT2D eigenvalue weighted by molar-refractivity contribution is -0.385. The predicted molar refractivity (Wildman–Crippen MR) is 171 cm³/mol. The number of rotatable bonds is 10. The van der Waals surface area contributed by atoms with Crippen molar-refractivity contribution in [1.82, 2.24) is 14.9 Å². The molecule has 2 heterocycles. The Balaban J connectivity index is 1.49. The van der Waals surface area contributed by atoms with Crippen LogP contribution in [0.1, 0.15) is 37.0 Å². The van der Waals surface area contributed by atoms with Gasteiger partial charge in [-0.1, -0.05) is 54.6 Å². The highest BCUT2D eigenvalue weighted by Crippen LogP contribution is 2.37. The molecular weight excluding hydrogens is 578 g/mol. The molecule has 3 aromatic carbocycles. The second-order valence-electron chi connectivity index (χ2n) is 11.5. The number of aromatic nitrogens is 2. The summed E-state index contributed by atoms with van der Waals surface area (Å²) >= 11 is 1.16. The van der Waals surface area contributed by atoms with E-state index >= 15 is 0 Å². The van der Waals surface area contributed by atoms with Crippen LogP contribution in [0, 0.1) is 29.9 Å². The number of ether oxygens (including phenoxy) is 1. The minimum absolute atomic E-state index is 0.0152. The zero-order valence-electron chi connectivity index (χ0n) is 25.1. The van der Waals surface area contributed by atoms with E-state index in [-0.39, 0.29) is 11.6 Å². The maximum Gasteiger partial charge on any atom is 0.307 e. The van der Waals surface area contributed by atoms with E-state index in [1.165, 1.54) is 12.1 Å². The monoisotopic (exact) mass is 613 g/mol. The summed E-state index contributed by atoms with van der Waals surface area (Å²) in [4.78, 5) is 35.3. The second kappa shape index (κ2) is 13.0. The Hall–Kier alpha value is -4.48. The number of carboxylic acid groups (broad SMARTS) is 1. The molecule has 0 bridgehead atoms. The van der Waals surface area contributed by atoms with E-state index in [0.29, 0.717) is 36.0 Å². The Morgan fingerprint density at radius 2 is 1.77 bits per heavy atom. The zero-order valence-corrected chi connectivity index (χ0v) is 25.9. The molecule has 1 aliphatic rings. The van der Waals surface area contributed by atoms with Crippen LogP contribution in [0.2, 0.25) is 0 Å². The molecule has 0 radical (unpaired) electrons. The average Bonchev–Trinajstić information content (AvgIpc) is 2.98. The molecule has 44 heavy (non-hydrogen) atoms. The van der Waals surface area contributed by atoms with Gasteiger partial charge in [0.05, 0.1) is 22.1 Å². The molecular formula is C33H35N5O5S. The van der Waals surface area contributed by atoms with E-state index in [4.69, 9.17) is 9.72 Å². The lowest BCUT2D eigenvalue weighted by Crippen LogP contribution is -2.61. The molecule has 228 valence electrons. The van der Waals surface area contributed by atoms with Gasteiger partial charge < -0.3 is 9.84 Å². The summed E-state index contributed by atoms with van der Waals surface area (Å²) in [5.41, 5.74) is 4.22. The summed E-state index contributed by atoms with van der Waals surface area (Å²) in [6.07, 6.45) is -0.166. The molecule has 0 aliphatic carbocycles. The van der Waals surface area contributed by atoms with Crippen molar-refractivity contribution in [2.24, 2.45) is 5.92 Å². The van der Waals surface area contributed by atoms with Crippen molar-refractivity contribution in [3.8, 4) is 17.1 Å². The first-order valence-electron chi connectivity index (χ1n) is 14.3. The van der Waals surface area contributed by atoms with E-state index in [1.54, 1.807) is 18.2 Å². The van der Waals surface area contributed by atoms with Gasteiger partial charge in [-0.25, -0.2) is 4.98 Å². The van der Waals surface area contributed by atoms with Gasteiger partial charge in [-0.15, -0.1) is 0 Å². The number of aryl methyl sites for hydroxylation is 2. The number of anilines is 1. The van der Waals surface area contributed by atoms with Gasteiger partial charge in [0, 0.05) is 48.2 Å². The largest absolute Gasteiger partial charge is 0.481 e. The van der Waals surface area contributed by atoms with E-state index in [2.05, 4.69) is 28.5 Å². The van der Waals surface area contributed by atoms with Gasteiger partial charge >= 0.3 is 5.97 Å². The van der Waals surface area contributed by atoms with Gasteiger partial charge in [-0.2, -0.15) is 4.98 Å². The smallest absolute Gasteiger partial charge is 0.307 e. The topological polar surface area (TPSA) is 131 Å². The number of nitrogens with one attached hydrogen (secondary N) is 1. The Morgan fingerprint density at radius 3 is 2.45 bits per heavy atom. The van der Waals surface area contributed by atoms with Crippen molar-refractivity contribution in [3.63, 3.8) is 0 Å². The molecule has 1 aromatic heterocycles. The molecule has 1 aliphatic heterocycles. The van der Waals surface area contributed by atoms with Crippen molar-refractivity contribution >= 4 is 29.6 Å². The van der Waals surface area contributed by atoms with Crippen LogP contribution in [0.15, 0.2) is 83.8 Å². The minimum atomic E-state index is -0.859. The minimum Gasteiger partial charge on any atom is -0.481 e. The van der Waals surface area contributed by atoms with Gasteiger partial charge in [-0.3, -0.25) is 24.5 Å². The molecule has 0 spiro atoms. The number of carboxylic acids is 1. The van der Waals surface area contributed by atoms with Gasteiger partial charge in [0.15, 0.2) is 0 Å². The standard InChI is InChI=1S/C33H35N5O5S/c1-21-10-8-11-22(2)30(21)27-18-29(35-32(34-27)36-44-26-15-9-14-25(17-26)38(41)42)43-28-16-24(31(39)40)20-37(33(28,3)4)19-23-12-6-5-7-13-23/h5-15,17-18,24,28H,16,19-20H2,1-4H3,(H,39,40)(H,34,35,36). The number of nitro groups is 1. The molecule has 2 N–H and O–H groups in total. The van der Waals surface area contributed by atoms with Crippen LogP contribution in [0.3, 0.4) is 0 Å². The lowest BCUT2D eigenvalue weighted by Gasteiger charge is -2.49. The number of aliphatic carboxylic acids is 1. The first-order chi connectivity index (χ1) is 21.0. The number of non-ortho nitro benzene ring substituents is 1. The van der Waals surface area contributed by atoms with Crippen LogP contribution in [-0.4, -0.2) is 49.1 Å². The van der Waals surface area contributed by atoms with Crippen molar-refractivity contribution in [1.29, 1.82) is 0 Å². The fourth-order valence-electron chi connectivity index (χ4n) is 5.56. The maximum absolute atomic E-state index is 12.3. The highest BCUT2D eigenvalue weighted by molar-refractivity contribution is 8.00. The van der Waals surface area contributed by atoms with Crippen molar-refractivity contribution in [3.05, 3.63) is 106 Å². The van der Waals surface area contributed by atoms with Crippen LogP contribution < -0.4 is 9.46 Å². The Morgan fingerprint density at radius 1 is 1.07 bits per heavy atom. The van der Waals surface area contributed by atoms with Crippen molar-refractivity contribution in [2.45, 2.75) is 57.2 Å². The summed E-state index contributed by atoms with van der Waals surface area (Å²) in [6.45, 7) is 9.16. The molecule has 1 saturated heterocycles. The number of nitro benzene ring substituents is 1. The summed E-state index contributed by atoms with van der Waals surface area (Å²) < 4.78 is 9.74. The van der Waals surface area contributed by atoms with Crippen LogP contribution in [0.4, 0.5) is 11.6 Å². The second-order valence-corrected chi connectivity index (χ2v) is 12.4. The third-order valence-corrected chi connectivity index (χ3v) is 8.87. The summed E-state index contributed by atoms with van der Waals surface area (Å²) in [6, 6.07) is 24.1. The van der Waals surface area contributed by atoms with Crippen LogP contribution in [0.25, 0.3) is 11.3 Å². The highest BCUT2D eigenvalue weighted by Gasteiger charge is 2.46. The molecule has 0 saturated carbocycles. The van der Waals surface area contributed by atoms with Crippen LogP contribution in [0.5, 0.6) is 5.88 Å². The van der Waals surface area contributed by atoms with Crippen LogP contribution >= 0.6 is 11.9 Å². The van der Waals surface area contributed by atoms with Gasteiger partial charge in [0.2, 0.25) is 11.8 Å². The van der Waals surface area contributed by atoms with Crippen molar-refractivity contribution < 1.29 is 19.6 Å². The first-order valence-corrected chi connectivity index (χ1v) is 15.1. The molecule has 0 amide bonds. The molecule has 10 nitrogen and oxygen atoms in total. The maximum atomic E-state index is 12.3. The highest BCUT2D eigenvalue weighted by atomic mass is 32.2. The lowest BCUT2D eigenvalue weighted by atomic mass is 9.81. The van der Waals surface area contributed by atoms with E-state index in [0.717, 1.165) is 34.2 Å².